The number of hydrogen-bond acceptors (Lipinski definition) is 4. The number of piperazine rings is 1. The topological polar surface area (TPSA) is 21.8 Å². The summed E-state index contributed by atoms with van der Waals surface area (Å²) in [6.45, 7) is 6.29. The van der Waals surface area contributed by atoms with E-state index in [9.17, 15) is 4.39 Å². The summed E-state index contributed by atoms with van der Waals surface area (Å²) in [7, 11) is 0. The van der Waals surface area contributed by atoms with E-state index < -0.39 is 0 Å². The Morgan fingerprint density at radius 3 is 2.50 bits per heavy atom. The lowest BCUT2D eigenvalue weighted by atomic mass is 10.2. The van der Waals surface area contributed by atoms with Crippen molar-refractivity contribution in [1.29, 1.82) is 0 Å². The average Bonchev–Trinajstić information content (AvgIpc) is 2.94. The maximum absolute atomic E-state index is 14.6. The van der Waals surface area contributed by atoms with Gasteiger partial charge in [0.15, 0.2) is 0 Å². The molecule has 5 heteroatoms. The number of nitrogens with zero attached hydrogens (tertiary/aromatic N) is 3. The molecule has 0 amide bonds. The van der Waals surface area contributed by atoms with Crippen LogP contribution in [-0.4, -0.2) is 60.7 Å². The van der Waals surface area contributed by atoms with Crippen LogP contribution in [0.3, 0.4) is 0 Å². The monoisotopic (exact) mass is 252 g/mol. The minimum absolute atomic E-state index is 0.0682. The van der Waals surface area contributed by atoms with Crippen molar-refractivity contribution in [1.82, 2.24) is 20.2 Å². The van der Waals surface area contributed by atoms with Crippen molar-refractivity contribution in [2.75, 3.05) is 45.8 Å². The summed E-state index contributed by atoms with van der Waals surface area (Å²) in [6.07, 6.45) is 6.36. The number of allylic oxidation sites excluding steroid dienone is 1. The van der Waals surface area contributed by atoms with Gasteiger partial charge in [0.2, 0.25) is 5.95 Å². The van der Waals surface area contributed by atoms with Gasteiger partial charge in [-0.15, -0.1) is 0 Å². The Balaban J connectivity index is 1.77. The quantitative estimate of drug-likeness (QED) is 0.738. The largest absolute Gasteiger partial charge is 0.365 e. The second-order valence-corrected chi connectivity index (χ2v) is 5.06. The molecule has 0 unspecified atom stereocenters. The molecule has 2 saturated heterocycles. The summed E-state index contributed by atoms with van der Waals surface area (Å²) in [4.78, 5) is 2.14. The number of halogens is 1. The molecule has 4 nitrogen and oxygen atoms in total. The fraction of sp³-hybridized carbons (Fsp3) is 0.692. The highest BCUT2D eigenvalue weighted by molar-refractivity contribution is 5.25. The molecule has 1 N–H and O–H groups in total. The van der Waals surface area contributed by atoms with E-state index in [-0.39, 0.29) is 5.95 Å². The normalized spacial score (nSPS) is 26.3. The van der Waals surface area contributed by atoms with Crippen molar-refractivity contribution < 1.29 is 4.39 Å². The maximum Gasteiger partial charge on any atom is 0.227 e. The molecule has 18 heavy (non-hydrogen) atoms. The number of hydrogen-bond donors (Lipinski definition) is 1. The third-order valence-corrected chi connectivity index (χ3v) is 3.87. The van der Waals surface area contributed by atoms with Gasteiger partial charge in [0.25, 0.3) is 0 Å². The predicted octanol–water partition coefficient (Wildman–Crippen LogP) is 0.913. The van der Waals surface area contributed by atoms with Crippen LogP contribution in [0.2, 0.25) is 0 Å². The summed E-state index contributed by atoms with van der Waals surface area (Å²) in [5.74, 6) is -0.0682. The van der Waals surface area contributed by atoms with Gasteiger partial charge in [-0.2, -0.15) is 4.39 Å². The van der Waals surface area contributed by atoms with Crippen LogP contribution in [0.1, 0.15) is 12.8 Å². The van der Waals surface area contributed by atoms with Gasteiger partial charge in [-0.25, -0.2) is 5.01 Å². The van der Waals surface area contributed by atoms with E-state index in [4.69, 9.17) is 0 Å². The first kappa shape index (κ1) is 12.0. The molecule has 3 aliphatic heterocycles. The van der Waals surface area contributed by atoms with Crippen LogP contribution in [0.25, 0.3) is 0 Å². The van der Waals surface area contributed by atoms with Gasteiger partial charge in [-0.1, -0.05) is 6.08 Å². The first-order valence-electron chi connectivity index (χ1n) is 6.90. The van der Waals surface area contributed by atoms with Gasteiger partial charge in [-0.3, -0.25) is 5.01 Å². The van der Waals surface area contributed by atoms with Crippen LogP contribution < -0.4 is 5.32 Å². The molecule has 3 aliphatic rings. The van der Waals surface area contributed by atoms with Crippen LogP contribution in [0.15, 0.2) is 23.8 Å². The molecule has 0 spiro atoms. The molecule has 100 valence electrons. The van der Waals surface area contributed by atoms with Crippen molar-refractivity contribution in [2.45, 2.75) is 12.8 Å². The molecule has 0 aromatic carbocycles. The van der Waals surface area contributed by atoms with Gasteiger partial charge in [0.05, 0.1) is 12.2 Å². The minimum Gasteiger partial charge on any atom is -0.365 e. The van der Waals surface area contributed by atoms with Crippen LogP contribution in [0.5, 0.6) is 0 Å². The van der Waals surface area contributed by atoms with Crippen molar-refractivity contribution in [2.24, 2.45) is 0 Å². The molecule has 3 rings (SSSR count). The van der Waals surface area contributed by atoms with Crippen LogP contribution in [-0.2, 0) is 0 Å². The number of hydrazine groups is 1. The summed E-state index contributed by atoms with van der Waals surface area (Å²) >= 11 is 0. The highest BCUT2D eigenvalue weighted by Gasteiger charge is 2.27. The molecule has 0 aromatic heterocycles. The molecule has 2 fully saturated rings. The lowest BCUT2D eigenvalue weighted by Crippen LogP contribution is -2.46. The first-order valence-corrected chi connectivity index (χ1v) is 6.90. The molecule has 0 aromatic rings. The zero-order valence-electron chi connectivity index (χ0n) is 10.7. The van der Waals surface area contributed by atoms with Gasteiger partial charge < -0.3 is 10.2 Å². The number of nitrogens with one attached hydrogen (secondary N) is 1. The fourth-order valence-corrected chi connectivity index (χ4v) is 2.87. The van der Waals surface area contributed by atoms with Gasteiger partial charge in [0, 0.05) is 39.3 Å². The van der Waals surface area contributed by atoms with Crippen molar-refractivity contribution >= 4 is 0 Å². The van der Waals surface area contributed by atoms with Gasteiger partial charge in [0.1, 0.15) is 0 Å². The summed E-state index contributed by atoms with van der Waals surface area (Å²) in [5, 5.41) is 7.25. The Morgan fingerprint density at radius 1 is 1.06 bits per heavy atom. The first-order chi connectivity index (χ1) is 8.86. The molecular weight excluding hydrogens is 231 g/mol. The van der Waals surface area contributed by atoms with Gasteiger partial charge >= 0.3 is 0 Å². The predicted molar refractivity (Wildman–Crippen MR) is 69.2 cm³/mol. The van der Waals surface area contributed by atoms with Crippen LogP contribution in [0.4, 0.5) is 4.39 Å². The van der Waals surface area contributed by atoms with Crippen molar-refractivity contribution in [3.8, 4) is 0 Å². The Labute approximate surface area is 108 Å². The van der Waals surface area contributed by atoms with E-state index in [1.165, 1.54) is 12.8 Å². The lowest BCUT2D eigenvalue weighted by Gasteiger charge is -2.37. The second-order valence-electron chi connectivity index (χ2n) is 5.06. The van der Waals surface area contributed by atoms with Crippen molar-refractivity contribution in [3.63, 3.8) is 0 Å². The van der Waals surface area contributed by atoms with Gasteiger partial charge in [-0.05, 0) is 18.9 Å². The SMILES string of the molecule is FC1=C(N2CCNCC2)C=CCN1N1CCCC1. The second kappa shape index (κ2) is 5.28. The zero-order chi connectivity index (χ0) is 12.4. The van der Waals surface area contributed by atoms with E-state index in [2.05, 4.69) is 21.3 Å². The summed E-state index contributed by atoms with van der Waals surface area (Å²) < 4.78 is 14.6. The van der Waals surface area contributed by atoms with E-state index in [0.717, 1.165) is 45.0 Å². The highest BCUT2D eigenvalue weighted by Crippen LogP contribution is 2.25. The lowest BCUT2D eigenvalue weighted by molar-refractivity contribution is 0.0121. The molecular formula is C13H21FN4. The van der Waals surface area contributed by atoms with Crippen LogP contribution >= 0.6 is 0 Å². The molecule has 0 radical (unpaired) electrons. The third-order valence-electron chi connectivity index (χ3n) is 3.87. The highest BCUT2D eigenvalue weighted by atomic mass is 19.1. The summed E-state index contributed by atoms with van der Waals surface area (Å²) in [6, 6.07) is 0. The molecule has 0 bridgehead atoms. The summed E-state index contributed by atoms with van der Waals surface area (Å²) in [5.41, 5.74) is 0.759. The van der Waals surface area contributed by atoms with Crippen LogP contribution in [0, 0.1) is 0 Å². The average molecular weight is 252 g/mol. The Kier molecular flexibility index (Phi) is 3.52. The Bertz CT molecular complexity index is 354. The Hall–Kier alpha value is -1.07. The van der Waals surface area contributed by atoms with E-state index in [1.807, 2.05) is 11.1 Å². The third kappa shape index (κ3) is 2.24. The standard InChI is InChI=1S/C13H21FN4/c14-13-12(16-10-5-15-6-11-16)4-3-9-18(13)17-7-1-2-8-17/h3-4,15H,1-2,5-11H2. The Morgan fingerprint density at radius 2 is 1.78 bits per heavy atom. The molecule has 3 heterocycles. The minimum atomic E-state index is -0.0682. The van der Waals surface area contributed by atoms with Crippen molar-refractivity contribution in [3.05, 3.63) is 23.8 Å². The molecule has 0 atom stereocenters. The molecule has 0 aliphatic carbocycles. The van der Waals surface area contributed by atoms with E-state index in [0.29, 0.717) is 6.54 Å². The fourth-order valence-electron chi connectivity index (χ4n) is 2.87. The zero-order valence-corrected chi connectivity index (χ0v) is 10.7. The van der Waals surface area contributed by atoms with E-state index >= 15 is 0 Å². The molecule has 0 saturated carbocycles. The number of rotatable bonds is 2. The van der Waals surface area contributed by atoms with E-state index in [1.54, 1.807) is 0 Å². The smallest absolute Gasteiger partial charge is 0.227 e. The maximum atomic E-state index is 14.6.